The number of methoxy groups -OCH3 is 1. The van der Waals surface area contributed by atoms with Gasteiger partial charge in [-0.2, -0.15) is 24.4 Å². The third kappa shape index (κ3) is 3.77. The molecular formula is C15H14ClFN8O2. The summed E-state index contributed by atoms with van der Waals surface area (Å²) in [5.41, 5.74) is 0.846. The number of hydrogen-bond acceptors (Lipinski definition) is 8. The van der Waals surface area contributed by atoms with Crippen LogP contribution in [0.15, 0.2) is 18.3 Å². The van der Waals surface area contributed by atoms with Gasteiger partial charge >= 0.3 is 0 Å². The highest BCUT2D eigenvalue weighted by atomic mass is 35.5. The van der Waals surface area contributed by atoms with Gasteiger partial charge in [0.25, 0.3) is 5.91 Å². The second-order valence-electron chi connectivity index (χ2n) is 5.23. The zero-order valence-corrected chi connectivity index (χ0v) is 15.2. The van der Waals surface area contributed by atoms with Gasteiger partial charge in [0.1, 0.15) is 5.69 Å². The first-order valence-corrected chi connectivity index (χ1v) is 7.94. The van der Waals surface area contributed by atoms with Crippen molar-refractivity contribution in [2.45, 2.75) is 0 Å². The predicted molar refractivity (Wildman–Crippen MR) is 94.5 cm³/mol. The Morgan fingerprint density at radius 2 is 2.11 bits per heavy atom. The van der Waals surface area contributed by atoms with Gasteiger partial charge in [0.2, 0.25) is 5.95 Å². The molecule has 0 saturated heterocycles. The van der Waals surface area contributed by atoms with Gasteiger partial charge in [0, 0.05) is 26.2 Å². The molecule has 27 heavy (non-hydrogen) atoms. The summed E-state index contributed by atoms with van der Waals surface area (Å²) in [4.78, 5) is 17.1. The molecule has 3 rings (SSSR count). The number of nitrogens with one attached hydrogen (secondary N) is 2. The van der Waals surface area contributed by atoms with Crippen molar-refractivity contribution in [2.24, 2.45) is 7.05 Å². The summed E-state index contributed by atoms with van der Waals surface area (Å²) in [6, 6.07) is 2.54. The highest BCUT2D eigenvalue weighted by Crippen LogP contribution is 2.36. The van der Waals surface area contributed by atoms with Crippen molar-refractivity contribution in [3.8, 4) is 17.0 Å². The van der Waals surface area contributed by atoms with E-state index in [1.807, 2.05) is 0 Å². The van der Waals surface area contributed by atoms with Crippen molar-refractivity contribution in [1.29, 1.82) is 0 Å². The molecule has 10 nitrogen and oxygen atoms in total. The van der Waals surface area contributed by atoms with E-state index in [2.05, 4.69) is 36.0 Å². The van der Waals surface area contributed by atoms with Crippen LogP contribution in [0, 0.1) is 5.95 Å². The molecule has 0 atom stereocenters. The van der Waals surface area contributed by atoms with Crippen LogP contribution in [0.25, 0.3) is 11.3 Å². The lowest BCUT2D eigenvalue weighted by atomic mass is 10.1. The molecule has 3 aromatic heterocycles. The molecule has 3 aromatic rings. The summed E-state index contributed by atoms with van der Waals surface area (Å²) in [6.07, 6.45) is 1.46. The Bertz CT molecular complexity index is 1010. The van der Waals surface area contributed by atoms with Gasteiger partial charge in [-0.1, -0.05) is 11.6 Å². The lowest BCUT2D eigenvalue weighted by molar-refractivity contribution is 0.0958. The fourth-order valence-electron chi connectivity index (χ4n) is 2.33. The minimum Gasteiger partial charge on any atom is -0.492 e. The molecular weight excluding hydrogens is 379 g/mol. The Kier molecular flexibility index (Phi) is 5.12. The molecule has 0 radical (unpaired) electrons. The number of aryl methyl sites for hydroxylation is 1. The SMILES string of the molecule is CNC(=O)c1nnc(Cl)cc1Nc1nc(F)cc(-c2cnn(C)n2)c1OC. The van der Waals surface area contributed by atoms with Gasteiger partial charge < -0.3 is 15.4 Å². The first-order valence-electron chi connectivity index (χ1n) is 7.56. The molecule has 1 amide bonds. The van der Waals surface area contributed by atoms with E-state index in [1.165, 1.54) is 37.3 Å². The molecule has 0 aliphatic rings. The molecule has 0 spiro atoms. The summed E-state index contributed by atoms with van der Waals surface area (Å²) >= 11 is 5.87. The Hall–Kier alpha value is -3.34. The molecule has 140 valence electrons. The molecule has 0 fully saturated rings. The van der Waals surface area contributed by atoms with Crippen LogP contribution < -0.4 is 15.4 Å². The molecule has 0 aliphatic heterocycles. The Morgan fingerprint density at radius 3 is 2.74 bits per heavy atom. The summed E-state index contributed by atoms with van der Waals surface area (Å²) in [7, 11) is 4.47. The first-order chi connectivity index (χ1) is 12.9. The number of anilines is 2. The fourth-order valence-corrected chi connectivity index (χ4v) is 2.48. The van der Waals surface area contributed by atoms with E-state index >= 15 is 0 Å². The van der Waals surface area contributed by atoms with Crippen molar-refractivity contribution in [3.63, 3.8) is 0 Å². The van der Waals surface area contributed by atoms with Gasteiger partial charge in [0.15, 0.2) is 22.4 Å². The summed E-state index contributed by atoms with van der Waals surface area (Å²) in [5.74, 6) is -1.08. The van der Waals surface area contributed by atoms with E-state index in [0.717, 1.165) is 0 Å². The van der Waals surface area contributed by atoms with E-state index in [9.17, 15) is 9.18 Å². The van der Waals surface area contributed by atoms with E-state index in [-0.39, 0.29) is 28.1 Å². The van der Waals surface area contributed by atoms with Crippen molar-refractivity contribution < 1.29 is 13.9 Å². The lowest BCUT2D eigenvalue weighted by Crippen LogP contribution is -2.21. The molecule has 0 unspecified atom stereocenters. The third-order valence-corrected chi connectivity index (χ3v) is 3.67. The Morgan fingerprint density at radius 1 is 1.33 bits per heavy atom. The van der Waals surface area contributed by atoms with Crippen LogP contribution in [0.2, 0.25) is 5.15 Å². The molecule has 2 N–H and O–H groups in total. The maximum Gasteiger partial charge on any atom is 0.273 e. The minimum atomic E-state index is -0.784. The maximum atomic E-state index is 14.1. The van der Waals surface area contributed by atoms with Crippen LogP contribution in [0.5, 0.6) is 5.75 Å². The monoisotopic (exact) mass is 392 g/mol. The van der Waals surface area contributed by atoms with Crippen LogP contribution in [0.4, 0.5) is 15.9 Å². The lowest BCUT2D eigenvalue weighted by Gasteiger charge is -2.14. The number of pyridine rings is 1. The summed E-state index contributed by atoms with van der Waals surface area (Å²) < 4.78 is 19.5. The van der Waals surface area contributed by atoms with Gasteiger partial charge in [-0.3, -0.25) is 4.79 Å². The zero-order valence-electron chi connectivity index (χ0n) is 14.5. The molecule has 0 aliphatic carbocycles. The smallest absolute Gasteiger partial charge is 0.273 e. The average molecular weight is 393 g/mol. The van der Waals surface area contributed by atoms with Crippen LogP contribution in [-0.4, -0.2) is 50.2 Å². The number of nitrogens with zero attached hydrogens (tertiary/aromatic N) is 6. The van der Waals surface area contributed by atoms with Crippen molar-refractivity contribution in [1.82, 2.24) is 35.5 Å². The number of carbonyl (C=O) groups excluding carboxylic acids is 1. The maximum absolute atomic E-state index is 14.1. The minimum absolute atomic E-state index is 0.00683. The highest BCUT2D eigenvalue weighted by Gasteiger charge is 2.21. The summed E-state index contributed by atoms with van der Waals surface area (Å²) in [6.45, 7) is 0. The van der Waals surface area contributed by atoms with Crippen LogP contribution in [0.3, 0.4) is 0 Å². The predicted octanol–water partition coefficient (Wildman–Crippen LogP) is 1.57. The van der Waals surface area contributed by atoms with E-state index in [1.54, 1.807) is 7.05 Å². The number of rotatable bonds is 5. The number of ether oxygens (including phenoxy) is 1. The number of aromatic nitrogens is 6. The average Bonchev–Trinajstić information content (AvgIpc) is 3.07. The van der Waals surface area contributed by atoms with Crippen molar-refractivity contribution >= 4 is 29.0 Å². The quantitative estimate of drug-likeness (QED) is 0.628. The van der Waals surface area contributed by atoms with Crippen molar-refractivity contribution in [3.05, 3.63) is 35.1 Å². The second kappa shape index (κ2) is 7.50. The molecule has 3 heterocycles. The Balaban J connectivity index is 2.12. The van der Waals surface area contributed by atoms with E-state index in [0.29, 0.717) is 11.3 Å². The second-order valence-corrected chi connectivity index (χ2v) is 5.61. The molecule has 0 bridgehead atoms. The van der Waals surface area contributed by atoms with Gasteiger partial charge in [-0.15, -0.1) is 10.2 Å². The molecule has 0 aromatic carbocycles. The number of hydrogen-bond donors (Lipinski definition) is 2. The van der Waals surface area contributed by atoms with Crippen molar-refractivity contribution in [2.75, 3.05) is 19.5 Å². The highest BCUT2D eigenvalue weighted by molar-refractivity contribution is 6.29. The zero-order chi connectivity index (χ0) is 19.6. The van der Waals surface area contributed by atoms with Crippen LogP contribution >= 0.6 is 11.6 Å². The van der Waals surface area contributed by atoms with E-state index in [4.69, 9.17) is 16.3 Å². The number of halogens is 2. The Labute approximate surface area is 157 Å². The normalized spacial score (nSPS) is 10.6. The van der Waals surface area contributed by atoms with Gasteiger partial charge in [-0.05, 0) is 0 Å². The molecule has 12 heteroatoms. The number of amides is 1. The standard InChI is InChI=1S/C15H14ClFN8O2/c1-18-15(26)12-8(5-10(16)22-23-12)20-14-13(27-3)7(4-11(17)21-14)9-6-19-25(2)24-9/h4-6H,1-3H3,(H,18,26)(H,20,21,22). The van der Waals surface area contributed by atoms with Crippen LogP contribution in [-0.2, 0) is 7.05 Å². The molecule has 0 saturated carbocycles. The number of carbonyl (C=O) groups is 1. The van der Waals surface area contributed by atoms with Gasteiger partial charge in [0.05, 0.1) is 24.6 Å². The summed E-state index contributed by atoms with van der Waals surface area (Å²) in [5, 5.41) is 20.8. The van der Waals surface area contributed by atoms with Gasteiger partial charge in [-0.25, -0.2) is 0 Å². The topological polar surface area (TPSA) is 120 Å². The fraction of sp³-hybridized carbons (Fsp3) is 0.200. The third-order valence-electron chi connectivity index (χ3n) is 3.48. The van der Waals surface area contributed by atoms with E-state index < -0.39 is 11.9 Å². The largest absolute Gasteiger partial charge is 0.492 e. The van der Waals surface area contributed by atoms with Crippen LogP contribution in [0.1, 0.15) is 10.5 Å². The first kappa shape index (κ1) is 18.5.